The lowest BCUT2D eigenvalue weighted by Gasteiger charge is -2.38. The van der Waals surface area contributed by atoms with Crippen LogP contribution < -0.4 is 10.6 Å². The molecule has 2 aromatic rings. The number of amides is 2. The van der Waals surface area contributed by atoms with Crippen LogP contribution in [0.1, 0.15) is 26.2 Å². The molecule has 2 heterocycles. The predicted octanol–water partition coefficient (Wildman–Crippen LogP) is 1.88. The number of carbonyl (C=O) groups excluding carboxylic acids is 1. The zero-order chi connectivity index (χ0) is 15.0. The molecule has 0 bridgehead atoms. The van der Waals surface area contributed by atoms with Crippen molar-refractivity contribution < 1.29 is 4.79 Å². The van der Waals surface area contributed by atoms with Gasteiger partial charge in [-0.1, -0.05) is 0 Å². The number of rotatable bonds is 3. The van der Waals surface area contributed by atoms with Crippen molar-refractivity contribution in [2.24, 2.45) is 14.1 Å². The molecular formula is C14H20N6O. The number of carbonyl (C=O) groups is 1. The van der Waals surface area contributed by atoms with Crippen LogP contribution >= 0.6 is 0 Å². The van der Waals surface area contributed by atoms with Crippen LogP contribution in [0.15, 0.2) is 18.5 Å². The molecule has 1 saturated carbocycles. The number of hydrogen-bond acceptors (Lipinski definition) is 3. The smallest absolute Gasteiger partial charge is 0.320 e. The second-order valence-corrected chi connectivity index (χ2v) is 5.89. The van der Waals surface area contributed by atoms with Crippen molar-refractivity contribution in [1.29, 1.82) is 0 Å². The van der Waals surface area contributed by atoms with Gasteiger partial charge in [0.1, 0.15) is 11.5 Å². The number of urea groups is 1. The molecule has 0 spiro atoms. The largest absolute Gasteiger partial charge is 0.333 e. The Labute approximate surface area is 123 Å². The van der Waals surface area contributed by atoms with E-state index < -0.39 is 0 Å². The third kappa shape index (κ3) is 2.63. The molecule has 1 aliphatic rings. The van der Waals surface area contributed by atoms with Gasteiger partial charge in [-0.2, -0.15) is 5.10 Å². The topological polar surface area (TPSA) is 76.8 Å². The molecule has 0 aromatic carbocycles. The average Bonchev–Trinajstić information content (AvgIpc) is 2.94. The fourth-order valence-electron chi connectivity index (χ4n) is 2.56. The van der Waals surface area contributed by atoms with E-state index in [2.05, 4.69) is 27.6 Å². The Morgan fingerprint density at radius 1 is 1.38 bits per heavy atom. The first-order valence-electron chi connectivity index (χ1n) is 7.08. The average molecular weight is 288 g/mol. The van der Waals surface area contributed by atoms with Crippen molar-refractivity contribution in [1.82, 2.24) is 24.6 Å². The summed E-state index contributed by atoms with van der Waals surface area (Å²) in [6, 6.07) is 1.64. The van der Waals surface area contributed by atoms with E-state index in [0.717, 1.165) is 24.4 Å². The number of nitrogens with zero attached hydrogens (tertiary/aromatic N) is 4. The zero-order valence-electron chi connectivity index (χ0n) is 12.6. The number of aryl methyl sites for hydroxylation is 2. The van der Waals surface area contributed by atoms with E-state index in [1.165, 1.54) is 6.42 Å². The number of imidazole rings is 1. The standard InChI is InChI=1S/C14H20N6O/c1-14(5-4-6-14)17-13(21)16-11-9-10(18-20(11)3)12-15-7-8-19(12)2/h7-9H,4-6H2,1-3H3,(H2,16,17,21). The van der Waals surface area contributed by atoms with E-state index >= 15 is 0 Å². The van der Waals surface area contributed by atoms with Crippen molar-refractivity contribution in [3.63, 3.8) is 0 Å². The van der Waals surface area contributed by atoms with Crippen LogP contribution in [0.2, 0.25) is 0 Å². The van der Waals surface area contributed by atoms with Gasteiger partial charge in [-0.15, -0.1) is 0 Å². The molecule has 0 saturated heterocycles. The van der Waals surface area contributed by atoms with Gasteiger partial charge in [0.25, 0.3) is 0 Å². The fraction of sp³-hybridized carbons (Fsp3) is 0.500. The number of hydrogen-bond donors (Lipinski definition) is 2. The molecule has 112 valence electrons. The SMILES string of the molecule is Cn1ccnc1-c1cc(NC(=O)NC2(C)CCC2)n(C)n1. The summed E-state index contributed by atoms with van der Waals surface area (Å²) in [5.74, 6) is 1.42. The molecule has 3 rings (SSSR count). The lowest BCUT2D eigenvalue weighted by atomic mass is 9.79. The Balaban J connectivity index is 1.73. The highest BCUT2D eigenvalue weighted by Gasteiger charge is 2.33. The van der Waals surface area contributed by atoms with Crippen LogP contribution in [0, 0.1) is 0 Å². The summed E-state index contributed by atoms with van der Waals surface area (Å²) in [5, 5.41) is 10.3. The molecular weight excluding hydrogens is 268 g/mol. The molecule has 1 aliphatic carbocycles. The van der Waals surface area contributed by atoms with Crippen molar-refractivity contribution in [2.75, 3.05) is 5.32 Å². The van der Waals surface area contributed by atoms with Gasteiger partial charge in [0.05, 0.1) is 0 Å². The quantitative estimate of drug-likeness (QED) is 0.905. The van der Waals surface area contributed by atoms with Gasteiger partial charge < -0.3 is 9.88 Å². The minimum atomic E-state index is -0.188. The monoisotopic (exact) mass is 288 g/mol. The summed E-state index contributed by atoms with van der Waals surface area (Å²) in [6.45, 7) is 2.07. The molecule has 0 atom stereocenters. The first-order chi connectivity index (χ1) is 9.97. The van der Waals surface area contributed by atoms with Crippen LogP contribution in [-0.4, -0.2) is 30.9 Å². The maximum Gasteiger partial charge on any atom is 0.320 e. The lowest BCUT2D eigenvalue weighted by Crippen LogP contribution is -2.52. The second kappa shape index (κ2) is 4.91. The van der Waals surface area contributed by atoms with Crippen molar-refractivity contribution in [3.8, 4) is 11.5 Å². The van der Waals surface area contributed by atoms with Gasteiger partial charge in [-0.25, -0.2) is 9.78 Å². The van der Waals surface area contributed by atoms with Gasteiger partial charge in [-0.05, 0) is 26.2 Å². The Morgan fingerprint density at radius 3 is 2.71 bits per heavy atom. The minimum absolute atomic E-state index is 0.0643. The van der Waals surface area contributed by atoms with Gasteiger partial charge in [0, 0.05) is 38.1 Å². The van der Waals surface area contributed by atoms with Gasteiger partial charge in [0.2, 0.25) is 0 Å². The number of aromatic nitrogens is 4. The highest BCUT2D eigenvalue weighted by Crippen LogP contribution is 2.31. The molecule has 0 unspecified atom stereocenters. The van der Waals surface area contributed by atoms with E-state index in [0.29, 0.717) is 5.82 Å². The molecule has 0 radical (unpaired) electrons. The van der Waals surface area contributed by atoms with E-state index in [-0.39, 0.29) is 11.6 Å². The molecule has 1 fully saturated rings. The Kier molecular flexibility index (Phi) is 3.19. The normalized spacial score (nSPS) is 16.3. The van der Waals surface area contributed by atoms with Gasteiger partial charge in [-0.3, -0.25) is 10.00 Å². The third-order valence-electron chi connectivity index (χ3n) is 4.04. The highest BCUT2D eigenvalue weighted by molar-refractivity contribution is 5.89. The van der Waals surface area contributed by atoms with E-state index in [1.807, 2.05) is 23.9 Å². The maximum absolute atomic E-state index is 12.1. The molecule has 7 heteroatoms. The summed E-state index contributed by atoms with van der Waals surface area (Å²) >= 11 is 0. The van der Waals surface area contributed by atoms with Crippen LogP contribution in [-0.2, 0) is 14.1 Å². The number of nitrogens with one attached hydrogen (secondary N) is 2. The minimum Gasteiger partial charge on any atom is -0.333 e. The Hall–Kier alpha value is -2.31. The summed E-state index contributed by atoms with van der Waals surface area (Å²) in [6.07, 6.45) is 6.82. The number of anilines is 1. The van der Waals surface area contributed by atoms with E-state index in [1.54, 1.807) is 17.9 Å². The fourth-order valence-corrected chi connectivity index (χ4v) is 2.56. The second-order valence-electron chi connectivity index (χ2n) is 5.89. The third-order valence-corrected chi connectivity index (χ3v) is 4.04. The van der Waals surface area contributed by atoms with E-state index in [4.69, 9.17) is 0 Å². The summed E-state index contributed by atoms with van der Waals surface area (Å²) in [4.78, 5) is 16.3. The van der Waals surface area contributed by atoms with Crippen LogP contribution in [0.3, 0.4) is 0 Å². The Bertz CT molecular complexity index is 667. The van der Waals surface area contributed by atoms with Crippen LogP contribution in [0.25, 0.3) is 11.5 Å². The van der Waals surface area contributed by atoms with Crippen molar-refractivity contribution in [2.45, 2.75) is 31.7 Å². The molecule has 2 amide bonds. The summed E-state index contributed by atoms with van der Waals surface area (Å²) in [5.41, 5.74) is 0.667. The van der Waals surface area contributed by atoms with Gasteiger partial charge >= 0.3 is 6.03 Å². The van der Waals surface area contributed by atoms with E-state index in [9.17, 15) is 4.79 Å². The van der Waals surface area contributed by atoms with Crippen molar-refractivity contribution in [3.05, 3.63) is 18.5 Å². The Morgan fingerprint density at radius 2 is 2.14 bits per heavy atom. The maximum atomic E-state index is 12.1. The first-order valence-corrected chi connectivity index (χ1v) is 7.08. The summed E-state index contributed by atoms with van der Waals surface area (Å²) < 4.78 is 3.54. The van der Waals surface area contributed by atoms with Gasteiger partial charge in [0.15, 0.2) is 5.82 Å². The summed E-state index contributed by atoms with van der Waals surface area (Å²) in [7, 11) is 3.71. The van der Waals surface area contributed by atoms with Crippen LogP contribution in [0.4, 0.5) is 10.6 Å². The lowest BCUT2D eigenvalue weighted by molar-refractivity contribution is 0.200. The van der Waals surface area contributed by atoms with Crippen molar-refractivity contribution >= 4 is 11.8 Å². The molecule has 2 aromatic heterocycles. The molecule has 7 nitrogen and oxygen atoms in total. The zero-order valence-corrected chi connectivity index (χ0v) is 12.6. The first kappa shape index (κ1) is 13.7. The highest BCUT2D eigenvalue weighted by atomic mass is 16.2. The molecule has 0 aliphatic heterocycles. The molecule has 21 heavy (non-hydrogen) atoms. The van der Waals surface area contributed by atoms with Crippen LogP contribution in [0.5, 0.6) is 0 Å². The molecule has 2 N–H and O–H groups in total. The predicted molar refractivity (Wildman–Crippen MR) is 79.8 cm³/mol.